The minimum Gasteiger partial charge on any atom is -0.354 e. The van der Waals surface area contributed by atoms with Crippen LogP contribution in [0.5, 0.6) is 0 Å². The number of carbonyl (C=O) groups excluding carboxylic acids is 1. The second-order valence-electron chi connectivity index (χ2n) is 7.13. The molecular weight excluding hydrogens is 419 g/mol. The Morgan fingerprint density at radius 2 is 1.80 bits per heavy atom. The molecule has 1 aliphatic rings. The van der Waals surface area contributed by atoms with Crippen molar-refractivity contribution in [1.82, 2.24) is 19.7 Å². The Bertz CT molecular complexity index is 1080. The van der Waals surface area contributed by atoms with Crippen LogP contribution in [0.2, 0.25) is 5.02 Å². The highest BCUT2D eigenvalue weighted by Crippen LogP contribution is 2.36. The molecule has 1 aromatic carbocycles. The van der Waals surface area contributed by atoms with Crippen molar-refractivity contribution in [2.75, 3.05) is 31.1 Å². The first-order valence-electron chi connectivity index (χ1n) is 9.41. The molecule has 6 nitrogen and oxygen atoms in total. The number of anilines is 1. The van der Waals surface area contributed by atoms with E-state index in [4.69, 9.17) is 11.6 Å². The summed E-state index contributed by atoms with van der Waals surface area (Å²) in [5, 5.41) is 4.17. The third kappa shape index (κ3) is 3.75. The van der Waals surface area contributed by atoms with Crippen LogP contribution in [0, 0.1) is 6.92 Å². The van der Waals surface area contributed by atoms with Crippen LogP contribution in [0.3, 0.4) is 0 Å². The van der Waals surface area contributed by atoms with Gasteiger partial charge in [-0.25, -0.2) is 9.67 Å². The van der Waals surface area contributed by atoms with Gasteiger partial charge in [0.15, 0.2) is 18.1 Å². The van der Waals surface area contributed by atoms with Gasteiger partial charge in [0.2, 0.25) is 0 Å². The van der Waals surface area contributed by atoms with E-state index in [1.807, 2.05) is 36.4 Å². The summed E-state index contributed by atoms with van der Waals surface area (Å²) in [6.45, 7) is 3.52. The molecule has 10 heteroatoms. The number of piperazine rings is 1. The number of aldehydes is 1. The first-order valence-corrected chi connectivity index (χ1v) is 9.79. The molecule has 0 N–H and O–H groups in total. The maximum Gasteiger partial charge on any atom is 0.436 e. The van der Waals surface area contributed by atoms with Gasteiger partial charge in [-0.3, -0.25) is 9.69 Å². The average molecular weight is 438 g/mol. The fourth-order valence-electron chi connectivity index (χ4n) is 3.68. The van der Waals surface area contributed by atoms with Gasteiger partial charge in [-0.2, -0.15) is 18.3 Å². The predicted molar refractivity (Wildman–Crippen MR) is 108 cm³/mol. The first-order chi connectivity index (χ1) is 14.3. The van der Waals surface area contributed by atoms with Crippen molar-refractivity contribution in [3.8, 4) is 0 Å². The van der Waals surface area contributed by atoms with E-state index in [1.54, 1.807) is 4.90 Å². The van der Waals surface area contributed by atoms with E-state index in [1.165, 1.54) is 6.92 Å². The number of fused-ring (bicyclic) bond motifs is 1. The van der Waals surface area contributed by atoms with Crippen molar-refractivity contribution < 1.29 is 18.0 Å². The normalized spacial score (nSPS) is 16.8. The van der Waals surface area contributed by atoms with Crippen LogP contribution in [0.15, 0.2) is 36.4 Å². The fourth-order valence-corrected chi connectivity index (χ4v) is 3.91. The number of para-hydroxylation sites is 1. The van der Waals surface area contributed by atoms with Gasteiger partial charge in [0.05, 0.1) is 16.2 Å². The molecule has 1 fully saturated rings. The number of halogens is 4. The summed E-state index contributed by atoms with van der Waals surface area (Å²) < 4.78 is 40.4. The van der Waals surface area contributed by atoms with Crippen LogP contribution >= 0.6 is 11.6 Å². The molecule has 0 aliphatic carbocycles. The molecule has 0 bridgehead atoms. The Hall–Kier alpha value is -2.65. The van der Waals surface area contributed by atoms with Gasteiger partial charge < -0.3 is 4.90 Å². The standard InChI is InChI=1S/C20H19ClF3N5O/c1-13-18(21)19(20(22,23)24)26-29(13)17(12-30)28-10-8-27(9-11-28)16-7-6-14-4-2-3-5-15(14)25-16/h2-7,12,17H,8-11H2,1H3. The molecule has 1 saturated heterocycles. The van der Waals surface area contributed by atoms with E-state index in [0.717, 1.165) is 21.4 Å². The van der Waals surface area contributed by atoms with Gasteiger partial charge in [-0.05, 0) is 25.1 Å². The van der Waals surface area contributed by atoms with E-state index in [-0.39, 0.29) is 5.69 Å². The summed E-state index contributed by atoms with van der Waals surface area (Å²) in [4.78, 5) is 20.3. The number of nitrogens with zero attached hydrogens (tertiary/aromatic N) is 5. The lowest BCUT2D eigenvalue weighted by molar-refractivity contribution is -0.142. The monoisotopic (exact) mass is 437 g/mol. The van der Waals surface area contributed by atoms with E-state index in [9.17, 15) is 18.0 Å². The second kappa shape index (κ2) is 7.88. The third-order valence-electron chi connectivity index (χ3n) is 5.31. The molecule has 3 heterocycles. The molecule has 3 aromatic rings. The predicted octanol–water partition coefficient (Wildman–Crippen LogP) is 3.93. The van der Waals surface area contributed by atoms with Gasteiger partial charge in [0.1, 0.15) is 5.82 Å². The molecule has 4 rings (SSSR count). The number of carbonyl (C=O) groups is 1. The van der Waals surface area contributed by atoms with Crippen LogP contribution in [-0.2, 0) is 11.0 Å². The molecule has 0 spiro atoms. The van der Waals surface area contributed by atoms with Crippen molar-refractivity contribution in [2.24, 2.45) is 0 Å². The summed E-state index contributed by atoms with van der Waals surface area (Å²) in [6.07, 6.45) is -5.04. The van der Waals surface area contributed by atoms with Crippen molar-refractivity contribution in [3.63, 3.8) is 0 Å². The Morgan fingerprint density at radius 1 is 1.10 bits per heavy atom. The van der Waals surface area contributed by atoms with E-state index >= 15 is 0 Å². The minimum atomic E-state index is -4.68. The molecule has 1 atom stereocenters. The largest absolute Gasteiger partial charge is 0.436 e. The number of rotatable bonds is 4. The van der Waals surface area contributed by atoms with E-state index in [0.29, 0.717) is 32.5 Å². The highest BCUT2D eigenvalue weighted by atomic mass is 35.5. The molecule has 1 aliphatic heterocycles. The van der Waals surface area contributed by atoms with Crippen molar-refractivity contribution in [3.05, 3.63) is 52.8 Å². The number of alkyl halides is 3. The summed E-state index contributed by atoms with van der Waals surface area (Å²) in [7, 11) is 0. The SMILES string of the molecule is Cc1c(Cl)c(C(F)(F)F)nn1C(C=O)N1CCN(c2ccc3ccccc3n2)CC1. The first kappa shape index (κ1) is 20.6. The Labute approximate surface area is 175 Å². The lowest BCUT2D eigenvalue weighted by Gasteiger charge is -2.38. The van der Waals surface area contributed by atoms with Gasteiger partial charge in [0.25, 0.3) is 0 Å². The summed E-state index contributed by atoms with van der Waals surface area (Å²) in [5.74, 6) is 0.827. The fraction of sp³-hybridized carbons (Fsp3) is 0.350. The number of hydrogen-bond acceptors (Lipinski definition) is 5. The van der Waals surface area contributed by atoms with Crippen LogP contribution in [0.4, 0.5) is 19.0 Å². The van der Waals surface area contributed by atoms with Crippen LogP contribution < -0.4 is 4.90 Å². The maximum absolute atomic E-state index is 13.1. The van der Waals surface area contributed by atoms with Crippen molar-refractivity contribution in [1.29, 1.82) is 0 Å². The lowest BCUT2D eigenvalue weighted by Crippen LogP contribution is -2.49. The number of aromatic nitrogens is 3. The molecule has 1 unspecified atom stereocenters. The zero-order chi connectivity index (χ0) is 21.5. The van der Waals surface area contributed by atoms with Crippen molar-refractivity contribution >= 4 is 34.6 Å². The van der Waals surface area contributed by atoms with Gasteiger partial charge in [0, 0.05) is 31.6 Å². The van der Waals surface area contributed by atoms with Crippen LogP contribution in [-0.4, -0.2) is 52.1 Å². The van der Waals surface area contributed by atoms with E-state index in [2.05, 4.69) is 15.0 Å². The molecule has 30 heavy (non-hydrogen) atoms. The van der Waals surface area contributed by atoms with Crippen molar-refractivity contribution in [2.45, 2.75) is 19.3 Å². The van der Waals surface area contributed by atoms with E-state index < -0.39 is 23.1 Å². The molecule has 158 valence electrons. The zero-order valence-electron chi connectivity index (χ0n) is 16.1. The zero-order valence-corrected chi connectivity index (χ0v) is 16.9. The maximum atomic E-state index is 13.1. The Morgan fingerprint density at radius 3 is 2.43 bits per heavy atom. The molecule has 0 saturated carbocycles. The van der Waals surface area contributed by atoms with Gasteiger partial charge >= 0.3 is 6.18 Å². The Balaban J connectivity index is 1.52. The number of hydrogen-bond donors (Lipinski definition) is 0. The van der Waals surface area contributed by atoms with Crippen LogP contribution in [0.25, 0.3) is 10.9 Å². The average Bonchev–Trinajstić information content (AvgIpc) is 3.04. The highest BCUT2D eigenvalue weighted by molar-refractivity contribution is 6.32. The van der Waals surface area contributed by atoms with Gasteiger partial charge in [-0.15, -0.1) is 0 Å². The topological polar surface area (TPSA) is 54.3 Å². The molecule has 0 amide bonds. The molecule has 2 aromatic heterocycles. The minimum absolute atomic E-state index is 0.111. The third-order valence-corrected chi connectivity index (χ3v) is 5.77. The second-order valence-corrected chi connectivity index (χ2v) is 7.50. The smallest absolute Gasteiger partial charge is 0.354 e. The quantitative estimate of drug-likeness (QED) is 0.579. The molecule has 0 radical (unpaired) electrons. The van der Waals surface area contributed by atoms with Gasteiger partial charge in [-0.1, -0.05) is 29.8 Å². The number of benzene rings is 1. The number of pyridine rings is 1. The Kier molecular flexibility index (Phi) is 5.42. The summed E-state index contributed by atoms with van der Waals surface area (Å²) in [6, 6.07) is 11.8. The molecular formula is C20H19ClF3N5O. The lowest BCUT2D eigenvalue weighted by atomic mass is 10.2. The van der Waals surface area contributed by atoms with Crippen LogP contribution in [0.1, 0.15) is 17.6 Å². The highest BCUT2D eigenvalue weighted by Gasteiger charge is 2.39. The summed E-state index contributed by atoms with van der Waals surface area (Å²) >= 11 is 5.84. The summed E-state index contributed by atoms with van der Waals surface area (Å²) in [5.41, 5.74) is -0.170.